The SMILES string of the molecule is O=C(NCCN[C@@H]1CCC[C@H](C(F)(F)F)C1)c1ccn[nH]1. The number of hydrogen-bond acceptors (Lipinski definition) is 3. The summed E-state index contributed by atoms with van der Waals surface area (Å²) in [5.41, 5.74) is 0.366. The van der Waals surface area contributed by atoms with Crippen LogP contribution in [0.2, 0.25) is 0 Å². The molecule has 2 rings (SSSR count). The average Bonchev–Trinajstić information content (AvgIpc) is 2.97. The van der Waals surface area contributed by atoms with E-state index in [1.165, 1.54) is 6.20 Å². The molecule has 1 aromatic heterocycles. The van der Waals surface area contributed by atoms with Crippen LogP contribution < -0.4 is 10.6 Å². The highest BCUT2D eigenvalue weighted by atomic mass is 19.4. The molecule has 1 aromatic rings. The van der Waals surface area contributed by atoms with Gasteiger partial charge in [-0.1, -0.05) is 6.42 Å². The highest BCUT2D eigenvalue weighted by Gasteiger charge is 2.41. The first-order chi connectivity index (χ1) is 9.97. The molecule has 1 saturated carbocycles. The van der Waals surface area contributed by atoms with E-state index in [9.17, 15) is 18.0 Å². The number of nitrogens with one attached hydrogen (secondary N) is 3. The molecular formula is C13H19F3N4O. The van der Waals surface area contributed by atoms with Gasteiger partial charge in [0.2, 0.25) is 0 Å². The van der Waals surface area contributed by atoms with Crippen molar-refractivity contribution in [2.45, 2.75) is 37.9 Å². The van der Waals surface area contributed by atoms with Crippen LogP contribution in [0.15, 0.2) is 12.3 Å². The van der Waals surface area contributed by atoms with E-state index in [1.54, 1.807) is 6.07 Å². The second-order valence-corrected chi connectivity index (χ2v) is 5.28. The molecular weight excluding hydrogens is 285 g/mol. The summed E-state index contributed by atoms with van der Waals surface area (Å²) >= 11 is 0. The molecule has 1 aliphatic carbocycles. The summed E-state index contributed by atoms with van der Waals surface area (Å²) in [6, 6.07) is 1.42. The molecule has 21 heavy (non-hydrogen) atoms. The van der Waals surface area contributed by atoms with Gasteiger partial charge in [0.05, 0.1) is 5.92 Å². The molecule has 118 valence electrons. The normalized spacial score (nSPS) is 23.0. The first-order valence-corrected chi connectivity index (χ1v) is 7.04. The number of carbonyl (C=O) groups excluding carboxylic acids is 1. The Morgan fingerprint density at radius 2 is 2.19 bits per heavy atom. The van der Waals surface area contributed by atoms with Gasteiger partial charge in [-0.05, 0) is 25.3 Å². The Morgan fingerprint density at radius 3 is 2.86 bits per heavy atom. The van der Waals surface area contributed by atoms with Crippen molar-refractivity contribution >= 4 is 5.91 Å². The molecule has 8 heteroatoms. The van der Waals surface area contributed by atoms with Crippen molar-refractivity contribution in [2.24, 2.45) is 5.92 Å². The van der Waals surface area contributed by atoms with Gasteiger partial charge in [-0.2, -0.15) is 18.3 Å². The molecule has 1 aliphatic rings. The van der Waals surface area contributed by atoms with E-state index in [0.717, 1.165) is 6.42 Å². The van der Waals surface area contributed by atoms with Gasteiger partial charge in [-0.25, -0.2) is 0 Å². The fraction of sp³-hybridized carbons (Fsp3) is 0.692. The molecule has 1 heterocycles. The van der Waals surface area contributed by atoms with E-state index in [0.29, 0.717) is 25.2 Å². The van der Waals surface area contributed by atoms with Crippen LogP contribution in [-0.2, 0) is 0 Å². The lowest BCUT2D eigenvalue weighted by Gasteiger charge is -2.31. The quantitative estimate of drug-likeness (QED) is 0.727. The Kier molecular flexibility index (Phi) is 5.22. The summed E-state index contributed by atoms with van der Waals surface area (Å²) in [6.45, 7) is 0.820. The van der Waals surface area contributed by atoms with Crippen molar-refractivity contribution in [3.8, 4) is 0 Å². The van der Waals surface area contributed by atoms with Crippen LogP contribution in [0.3, 0.4) is 0 Å². The molecule has 0 aliphatic heterocycles. The molecule has 5 nitrogen and oxygen atoms in total. The summed E-state index contributed by atoms with van der Waals surface area (Å²) in [5, 5.41) is 12.0. The fourth-order valence-corrected chi connectivity index (χ4v) is 2.60. The van der Waals surface area contributed by atoms with Crippen LogP contribution in [0.4, 0.5) is 13.2 Å². The zero-order valence-electron chi connectivity index (χ0n) is 11.5. The van der Waals surface area contributed by atoms with E-state index < -0.39 is 12.1 Å². The number of aromatic amines is 1. The summed E-state index contributed by atoms with van der Waals surface area (Å²) in [7, 11) is 0. The van der Waals surface area contributed by atoms with Crippen LogP contribution in [0.25, 0.3) is 0 Å². The molecule has 0 bridgehead atoms. The maximum absolute atomic E-state index is 12.7. The average molecular weight is 304 g/mol. The molecule has 0 radical (unpaired) electrons. The molecule has 1 amide bonds. The van der Waals surface area contributed by atoms with Crippen molar-refractivity contribution in [1.29, 1.82) is 0 Å². The molecule has 2 atom stereocenters. The molecule has 0 saturated heterocycles. The van der Waals surface area contributed by atoms with E-state index >= 15 is 0 Å². The van der Waals surface area contributed by atoms with Crippen LogP contribution in [0, 0.1) is 5.92 Å². The number of hydrogen-bond donors (Lipinski definition) is 3. The molecule has 1 fully saturated rings. The van der Waals surface area contributed by atoms with Crippen molar-refractivity contribution < 1.29 is 18.0 Å². The number of rotatable bonds is 5. The van der Waals surface area contributed by atoms with Gasteiger partial charge in [0.25, 0.3) is 5.91 Å². The van der Waals surface area contributed by atoms with E-state index in [-0.39, 0.29) is 24.8 Å². The third-order valence-corrected chi connectivity index (χ3v) is 3.73. The highest BCUT2D eigenvalue weighted by Crippen LogP contribution is 2.37. The monoisotopic (exact) mass is 304 g/mol. The van der Waals surface area contributed by atoms with Gasteiger partial charge in [0.15, 0.2) is 0 Å². The maximum atomic E-state index is 12.7. The van der Waals surface area contributed by atoms with Crippen LogP contribution in [0.1, 0.15) is 36.2 Å². The summed E-state index contributed by atoms with van der Waals surface area (Å²) in [4.78, 5) is 11.6. The number of aromatic nitrogens is 2. The molecule has 3 N–H and O–H groups in total. The fourth-order valence-electron chi connectivity index (χ4n) is 2.60. The largest absolute Gasteiger partial charge is 0.391 e. The first-order valence-electron chi connectivity index (χ1n) is 7.04. The predicted molar refractivity (Wildman–Crippen MR) is 70.7 cm³/mol. The second-order valence-electron chi connectivity index (χ2n) is 5.28. The van der Waals surface area contributed by atoms with Gasteiger partial charge in [0, 0.05) is 25.3 Å². The summed E-state index contributed by atoms with van der Waals surface area (Å²) < 4.78 is 38.0. The van der Waals surface area contributed by atoms with E-state index in [1.807, 2.05) is 0 Å². The lowest BCUT2D eigenvalue weighted by Crippen LogP contribution is -2.42. The summed E-state index contributed by atoms with van der Waals surface area (Å²) in [5.74, 6) is -1.48. The van der Waals surface area contributed by atoms with Crippen molar-refractivity contribution in [3.05, 3.63) is 18.0 Å². The number of alkyl halides is 3. The Balaban J connectivity index is 1.65. The Bertz CT molecular complexity index is 447. The van der Waals surface area contributed by atoms with Crippen molar-refractivity contribution in [2.75, 3.05) is 13.1 Å². The minimum atomic E-state index is -4.10. The minimum absolute atomic E-state index is 0.123. The zero-order chi connectivity index (χ0) is 15.3. The molecule has 0 aromatic carbocycles. The van der Waals surface area contributed by atoms with Crippen molar-refractivity contribution in [1.82, 2.24) is 20.8 Å². The third kappa shape index (κ3) is 4.73. The highest BCUT2D eigenvalue weighted by molar-refractivity contribution is 5.92. The first kappa shape index (κ1) is 15.8. The van der Waals surface area contributed by atoms with Gasteiger partial charge < -0.3 is 10.6 Å². The van der Waals surface area contributed by atoms with Gasteiger partial charge in [-0.15, -0.1) is 0 Å². The molecule has 0 unspecified atom stereocenters. The number of H-pyrrole nitrogens is 1. The predicted octanol–water partition coefficient (Wildman–Crippen LogP) is 1.85. The van der Waals surface area contributed by atoms with Crippen LogP contribution in [0.5, 0.6) is 0 Å². The van der Waals surface area contributed by atoms with E-state index in [2.05, 4.69) is 20.8 Å². The van der Waals surface area contributed by atoms with Gasteiger partial charge >= 0.3 is 6.18 Å². The Hall–Kier alpha value is -1.57. The van der Waals surface area contributed by atoms with Gasteiger partial charge in [0.1, 0.15) is 5.69 Å². The zero-order valence-corrected chi connectivity index (χ0v) is 11.5. The Labute approximate surface area is 120 Å². The smallest absolute Gasteiger partial charge is 0.349 e. The van der Waals surface area contributed by atoms with Gasteiger partial charge in [-0.3, -0.25) is 9.89 Å². The molecule has 0 spiro atoms. The number of nitrogens with zero attached hydrogens (tertiary/aromatic N) is 1. The minimum Gasteiger partial charge on any atom is -0.349 e. The number of amides is 1. The standard InChI is InChI=1S/C13H19F3N4O/c14-13(15,16)9-2-1-3-10(8-9)17-6-7-18-12(21)11-4-5-19-20-11/h4-5,9-10,17H,1-3,6-8H2,(H,18,21)(H,19,20)/t9-,10+/m0/s1. The number of carbonyl (C=O) groups is 1. The Morgan fingerprint density at radius 1 is 1.38 bits per heavy atom. The lowest BCUT2D eigenvalue weighted by molar-refractivity contribution is -0.183. The van der Waals surface area contributed by atoms with E-state index in [4.69, 9.17) is 0 Å². The maximum Gasteiger partial charge on any atom is 0.391 e. The lowest BCUT2D eigenvalue weighted by atomic mass is 9.85. The second kappa shape index (κ2) is 6.93. The third-order valence-electron chi connectivity index (χ3n) is 3.73. The van der Waals surface area contributed by atoms with Crippen molar-refractivity contribution in [3.63, 3.8) is 0 Å². The van der Waals surface area contributed by atoms with Crippen LogP contribution in [-0.4, -0.2) is 41.4 Å². The van der Waals surface area contributed by atoms with Crippen LogP contribution >= 0.6 is 0 Å². The summed E-state index contributed by atoms with van der Waals surface area (Å²) in [6.07, 6.45) is -0.943. The topological polar surface area (TPSA) is 69.8 Å². The number of halogens is 3.